The van der Waals surface area contributed by atoms with E-state index in [9.17, 15) is 19.2 Å². The van der Waals surface area contributed by atoms with Crippen molar-refractivity contribution in [1.29, 1.82) is 0 Å². The SMILES string of the molecule is CC(C)(CC(=O)Cl)CC(=O)OCCOC(=O)CC(C)(C)CC(=O)Cl. The van der Waals surface area contributed by atoms with Crippen molar-refractivity contribution in [2.75, 3.05) is 13.2 Å². The highest BCUT2D eigenvalue weighted by atomic mass is 35.5. The van der Waals surface area contributed by atoms with Crippen LogP contribution < -0.4 is 0 Å². The minimum atomic E-state index is -0.593. The number of carbonyl (C=O) groups excluding carboxylic acids is 4. The van der Waals surface area contributed by atoms with E-state index in [0.717, 1.165) is 0 Å². The minimum Gasteiger partial charge on any atom is -0.462 e. The Morgan fingerprint density at radius 1 is 0.667 bits per heavy atom. The van der Waals surface area contributed by atoms with Gasteiger partial charge in [-0.3, -0.25) is 19.2 Å². The number of ether oxygens (including phenoxy) is 2. The fourth-order valence-corrected chi connectivity index (χ4v) is 2.80. The average Bonchev–Trinajstić information content (AvgIpc) is 2.29. The number of hydrogen-bond acceptors (Lipinski definition) is 6. The molecule has 0 fully saturated rings. The van der Waals surface area contributed by atoms with Gasteiger partial charge in [-0.25, -0.2) is 0 Å². The Morgan fingerprint density at radius 3 is 1.21 bits per heavy atom. The molecule has 138 valence electrons. The molecule has 0 aromatic heterocycles. The Hall–Kier alpha value is -1.14. The maximum absolute atomic E-state index is 11.7. The number of hydrogen-bond donors (Lipinski definition) is 0. The molecule has 0 saturated heterocycles. The molecule has 0 saturated carbocycles. The summed E-state index contributed by atoms with van der Waals surface area (Å²) >= 11 is 10.6. The molecular formula is C16H24Cl2O6. The second kappa shape index (κ2) is 9.99. The lowest BCUT2D eigenvalue weighted by molar-refractivity contribution is -0.155. The first-order valence-corrected chi connectivity index (χ1v) is 8.26. The van der Waals surface area contributed by atoms with Gasteiger partial charge in [0.15, 0.2) is 0 Å². The Kier molecular flexibility index (Phi) is 9.51. The molecule has 0 N–H and O–H groups in total. The van der Waals surface area contributed by atoms with Gasteiger partial charge >= 0.3 is 11.9 Å². The van der Waals surface area contributed by atoms with Crippen LogP contribution in [0.25, 0.3) is 0 Å². The van der Waals surface area contributed by atoms with Gasteiger partial charge in [-0.05, 0) is 34.0 Å². The van der Waals surface area contributed by atoms with Crippen LogP contribution >= 0.6 is 23.2 Å². The Morgan fingerprint density at radius 2 is 0.958 bits per heavy atom. The zero-order valence-corrected chi connectivity index (χ0v) is 16.0. The third-order valence-electron chi connectivity index (χ3n) is 3.09. The van der Waals surface area contributed by atoms with Crippen molar-refractivity contribution in [3.63, 3.8) is 0 Å². The topological polar surface area (TPSA) is 86.7 Å². The Labute approximate surface area is 152 Å². The van der Waals surface area contributed by atoms with Crippen molar-refractivity contribution in [1.82, 2.24) is 0 Å². The van der Waals surface area contributed by atoms with E-state index in [2.05, 4.69) is 0 Å². The second-order valence-corrected chi connectivity index (χ2v) is 8.03. The number of rotatable bonds is 11. The predicted octanol–water partition coefficient (Wildman–Crippen LogP) is 3.22. The van der Waals surface area contributed by atoms with Gasteiger partial charge in [-0.2, -0.15) is 0 Å². The van der Waals surface area contributed by atoms with Gasteiger partial charge in [0.25, 0.3) is 0 Å². The van der Waals surface area contributed by atoms with Gasteiger partial charge in [-0.15, -0.1) is 0 Å². The summed E-state index contributed by atoms with van der Waals surface area (Å²) in [4.78, 5) is 45.1. The highest BCUT2D eigenvalue weighted by Gasteiger charge is 2.26. The van der Waals surface area contributed by atoms with Gasteiger partial charge in [0.2, 0.25) is 10.5 Å². The third-order valence-corrected chi connectivity index (χ3v) is 3.36. The van der Waals surface area contributed by atoms with E-state index in [1.807, 2.05) is 0 Å². The van der Waals surface area contributed by atoms with E-state index in [1.165, 1.54) is 0 Å². The summed E-state index contributed by atoms with van der Waals surface area (Å²) in [7, 11) is 0. The van der Waals surface area contributed by atoms with Crippen molar-refractivity contribution in [2.24, 2.45) is 10.8 Å². The first-order valence-electron chi connectivity index (χ1n) is 7.51. The maximum Gasteiger partial charge on any atom is 0.306 e. The van der Waals surface area contributed by atoms with Crippen LogP contribution in [0.15, 0.2) is 0 Å². The lowest BCUT2D eigenvalue weighted by atomic mass is 9.86. The molecule has 0 radical (unpaired) electrons. The smallest absolute Gasteiger partial charge is 0.306 e. The zero-order valence-electron chi connectivity index (χ0n) is 14.4. The molecular weight excluding hydrogens is 359 g/mol. The van der Waals surface area contributed by atoms with Crippen molar-refractivity contribution < 1.29 is 28.7 Å². The van der Waals surface area contributed by atoms with E-state index in [1.54, 1.807) is 27.7 Å². The van der Waals surface area contributed by atoms with Crippen LogP contribution in [-0.4, -0.2) is 35.6 Å². The molecule has 0 aromatic rings. The lowest BCUT2D eigenvalue weighted by Crippen LogP contribution is -2.24. The minimum absolute atomic E-state index is 0.0320. The Bertz CT molecular complexity index is 441. The summed E-state index contributed by atoms with van der Waals surface area (Å²) in [6.45, 7) is 6.77. The van der Waals surface area contributed by atoms with Gasteiger partial charge in [0.1, 0.15) is 13.2 Å². The molecule has 0 aliphatic carbocycles. The van der Waals surface area contributed by atoms with E-state index >= 15 is 0 Å². The molecule has 0 rings (SSSR count). The second-order valence-electron chi connectivity index (χ2n) is 7.19. The van der Waals surface area contributed by atoms with Crippen LogP contribution in [0.5, 0.6) is 0 Å². The summed E-state index contributed by atoms with van der Waals surface area (Å²) in [5.41, 5.74) is -1.19. The molecule has 0 atom stereocenters. The summed E-state index contributed by atoms with van der Waals surface area (Å²) in [6, 6.07) is 0. The molecule has 6 nitrogen and oxygen atoms in total. The molecule has 0 unspecified atom stereocenters. The summed E-state index contributed by atoms with van der Waals surface area (Å²) in [6.07, 6.45) is 0.189. The van der Waals surface area contributed by atoms with Crippen LogP contribution in [0.1, 0.15) is 53.4 Å². The summed E-state index contributed by atoms with van der Waals surface area (Å²) in [5, 5.41) is -1.03. The lowest BCUT2D eigenvalue weighted by Gasteiger charge is -2.22. The van der Waals surface area contributed by atoms with E-state index in [4.69, 9.17) is 32.7 Å². The first kappa shape index (κ1) is 22.9. The molecule has 0 aliphatic heterocycles. The summed E-state index contributed by atoms with van der Waals surface area (Å²) < 4.78 is 9.92. The quantitative estimate of drug-likeness (QED) is 0.309. The van der Waals surface area contributed by atoms with Gasteiger partial charge < -0.3 is 9.47 Å². The summed E-state index contributed by atoms with van der Waals surface area (Å²) in [5.74, 6) is -0.996. The van der Waals surface area contributed by atoms with Crippen molar-refractivity contribution in [2.45, 2.75) is 53.4 Å². The monoisotopic (exact) mass is 382 g/mol. The van der Waals surface area contributed by atoms with E-state index in [-0.39, 0.29) is 38.9 Å². The molecule has 0 aliphatic rings. The van der Waals surface area contributed by atoms with Gasteiger partial charge in [0.05, 0.1) is 12.8 Å². The third kappa shape index (κ3) is 12.3. The fourth-order valence-electron chi connectivity index (χ4n) is 2.07. The van der Waals surface area contributed by atoms with Crippen molar-refractivity contribution in [3.05, 3.63) is 0 Å². The largest absolute Gasteiger partial charge is 0.462 e. The van der Waals surface area contributed by atoms with Gasteiger partial charge in [0, 0.05) is 12.8 Å². The molecule has 8 heteroatoms. The highest BCUT2D eigenvalue weighted by Crippen LogP contribution is 2.27. The van der Waals surface area contributed by atoms with Crippen molar-refractivity contribution in [3.8, 4) is 0 Å². The number of carbonyl (C=O) groups is 4. The molecule has 0 bridgehead atoms. The predicted molar refractivity (Wildman–Crippen MR) is 89.7 cm³/mol. The maximum atomic E-state index is 11.7. The zero-order chi connectivity index (χ0) is 19.0. The normalized spacial score (nSPS) is 11.8. The Balaban J connectivity index is 4.04. The van der Waals surface area contributed by atoms with E-state index < -0.39 is 33.3 Å². The van der Waals surface area contributed by atoms with Crippen LogP contribution in [0.4, 0.5) is 0 Å². The van der Waals surface area contributed by atoms with Crippen LogP contribution in [-0.2, 0) is 28.7 Å². The van der Waals surface area contributed by atoms with Crippen molar-refractivity contribution >= 4 is 45.6 Å². The standard InChI is InChI=1S/C16H24Cl2O6/c1-15(2,7-11(17)19)9-13(21)23-5-6-24-14(22)10-16(3,4)8-12(18)20/h5-10H2,1-4H3. The first-order chi connectivity index (χ1) is 10.8. The van der Waals surface area contributed by atoms with Crippen LogP contribution in [0, 0.1) is 10.8 Å². The molecule has 0 amide bonds. The molecule has 0 spiro atoms. The fraction of sp³-hybridized carbons (Fsp3) is 0.750. The molecule has 0 aromatic carbocycles. The van der Waals surface area contributed by atoms with Crippen LogP contribution in [0.3, 0.4) is 0 Å². The van der Waals surface area contributed by atoms with E-state index in [0.29, 0.717) is 0 Å². The van der Waals surface area contributed by atoms with Crippen LogP contribution in [0.2, 0.25) is 0 Å². The highest BCUT2D eigenvalue weighted by molar-refractivity contribution is 6.63. The van der Waals surface area contributed by atoms with Gasteiger partial charge in [-0.1, -0.05) is 27.7 Å². The number of halogens is 2. The number of esters is 2. The molecule has 24 heavy (non-hydrogen) atoms. The average molecular weight is 383 g/mol. The molecule has 0 heterocycles.